The summed E-state index contributed by atoms with van der Waals surface area (Å²) in [5.74, 6) is 1.17. The molecule has 1 N–H and O–H groups in total. The number of ether oxygens (including phenoxy) is 1. The Balaban J connectivity index is 1.17. The largest absolute Gasteiger partial charge is 0.410 e. The smallest absolute Gasteiger partial charge is 0.277 e. The lowest BCUT2D eigenvalue weighted by atomic mass is 9.90. The van der Waals surface area contributed by atoms with E-state index in [1.807, 2.05) is 31.2 Å². The fourth-order valence-electron chi connectivity index (χ4n) is 4.19. The van der Waals surface area contributed by atoms with Crippen molar-refractivity contribution >= 4 is 40.4 Å². The van der Waals surface area contributed by atoms with Crippen LogP contribution in [-0.4, -0.2) is 47.7 Å². The molecule has 0 spiro atoms. The van der Waals surface area contributed by atoms with Crippen LogP contribution in [0.2, 0.25) is 0 Å². The van der Waals surface area contributed by atoms with Crippen LogP contribution < -0.4 is 10.2 Å². The zero-order valence-corrected chi connectivity index (χ0v) is 20.5. The molecule has 3 aromatic rings. The molecule has 1 aliphatic heterocycles. The first-order valence-corrected chi connectivity index (χ1v) is 13.1. The quantitative estimate of drug-likeness (QED) is 0.500. The van der Waals surface area contributed by atoms with Crippen molar-refractivity contribution in [3.05, 3.63) is 40.8 Å². The van der Waals surface area contributed by atoms with Crippen molar-refractivity contribution in [2.24, 2.45) is 5.92 Å². The molecule has 1 saturated heterocycles. The number of hydrogen-bond acceptors (Lipinski definition) is 8. The Hall–Kier alpha value is -2.36. The van der Waals surface area contributed by atoms with Gasteiger partial charge >= 0.3 is 0 Å². The summed E-state index contributed by atoms with van der Waals surface area (Å²) in [7, 11) is 0. The monoisotopic (exact) mass is 484 g/mol. The summed E-state index contributed by atoms with van der Waals surface area (Å²) in [5, 5.41) is 11.4. The molecule has 0 radical (unpaired) electrons. The van der Waals surface area contributed by atoms with Crippen LogP contribution in [0.5, 0.6) is 0 Å². The highest BCUT2D eigenvalue weighted by Crippen LogP contribution is 2.37. The lowest BCUT2D eigenvalue weighted by Crippen LogP contribution is -2.36. The van der Waals surface area contributed by atoms with Crippen LogP contribution >= 0.6 is 23.1 Å². The van der Waals surface area contributed by atoms with Crippen LogP contribution in [0.15, 0.2) is 40.0 Å². The third-order valence-electron chi connectivity index (χ3n) is 6.10. The molecule has 1 aliphatic carbocycles. The molecule has 9 heteroatoms. The number of nitrogens with one attached hydrogen (secondary N) is 1. The second kappa shape index (κ2) is 9.87. The number of thioether (sulfide) groups is 1. The number of benzene rings is 1. The Kier molecular flexibility index (Phi) is 6.71. The minimum atomic E-state index is -0.366. The number of carbonyl (C=O) groups is 1. The number of amides is 1. The Labute approximate surface area is 201 Å². The summed E-state index contributed by atoms with van der Waals surface area (Å²) >= 11 is 3.02. The standard InChI is InChI=1S/C24H28N4O3S2/c1-15-3-8-20-17(13-15)14-21(33-20)23-26-27-24(31-23)32-16(2)22(29)25-18-4-6-19(7-5-18)28-9-11-30-12-10-28/h4-7,14-16H,3,8-13H2,1-2H3,(H,25,29)/t15-,16-/m0/s1. The van der Waals surface area contributed by atoms with Crippen molar-refractivity contribution in [1.29, 1.82) is 0 Å². The number of thiophene rings is 1. The van der Waals surface area contributed by atoms with Gasteiger partial charge in [-0.05, 0) is 68.0 Å². The number of carbonyl (C=O) groups excluding carboxylic acids is 1. The molecule has 2 aromatic heterocycles. The highest BCUT2D eigenvalue weighted by Gasteiger charge is 2.23. The van der Waals surface area contributed by atoms with E-state index in [1.165, 1.54) is 28.6 Å². The normalized spacial score (nSPS) is 19.2. The lowest BCUT2D eigenvalue weighted by Gasteiger charge is -2.28. The van der Waals surface area contributed by atoms with Crippen LogP contribution in [0.1, 0.15) is 30.7 Å². The van der Waals surface area contributed by atoms with Gasteiger partial charge in [-0.25, -0.2) is 0 Å². The van der Waals surface area contributed by atoms with Gasteiger partial charge in [0.2, 0.25) is 5.91 Å². The maximum atomic E-state index is 12.7. The van der Waals surface area contributed by atoms with Crippen LogP contribution in [0, 0.1) is 5.92 Å². The highest BCUT2D eigenvalue weighted by molar-refractivity contribution is 8.00. The molecular formula is C24H28N4O3S2. The van der Waals surface area contributed by atoms with Crippen molar-refractivity contribution < 1.29 is 13.9 Å². The molecule has 5 rings (SSSR count). The average molecular weight is 485 g/mol. The van der Waals surface area contributed by atoms with Crippen molar-refractivity contribution in [2.75, 3.05) is 36.5 Å². The summed E-state index contributed by atoms with van der Waals surface area (Å²) in [5.41, 5.74) is 3.32. The molecule has 2 atom stereocenters. The number of anilines is 2. The van der Waals surface area contributed by atoms with Gasteiger partial charge in [-0.3, -0.25) is 4.79 Å². The summed E-state index contributed by atoms with van der Waals surface area (Å²) in [6.45, 7) is 7.42. The molecular weight excluding hydrogens is 456 g/mol. The summed E-state index contributed by atoms with van der Waals surface area (Å²) in [4.78, 5) is 17.4. The van der Waals surface area contributed by atoms with Crippen LogP contribution in [0.4, 0.5) is 11.4 Å². The third-order valence-corrected chi connectivity index (χ3v) is 8.26. The van der Waals surface area contributed by atoms with Gasteiger partial charge in [0.05, 0.1) is 23.3 Å². The van der Waals surface area contributed by atoms with Gasteiger partial charge in [0.25, 0.3) is 11.1 Å². The maximum absolute atomic E-state index is 12.7. The zero-order chi connectivity index (χ0) is 22.8. The van der Waals surface area contributed by atoms with E-state index < -0.39 is 0 Å². The van der Waals surface area contributed by atoms with Crippen LogP contribution in [-0.2, 0) is 22.4 Å². The number of morpholine rings is 1. The van der Waals surface area contributed by atoms with E-state index in [9.17, 15) is 4.79 Å². The Bertz CT molecular complexity index is 1110. The third kappa shape index (κ3) is 5.26. The molecule has 3 heterocycles. The first kappa shape index (κ1) is 22.4. The van der Waals surface area contributed by atoms with E-state index >= 15 is 0 Å². The lowest BCUT2D eigenvalue weighted by molar-refractivity contribution is -0.115. The van der Waals surface area contributed by atoms with Gasteiger partial charge < -0.3 is 19.4 Å². The molecule has 33 heavy (non-hydrogen) atoms. The topological polar surface area (TPSA) is 80.5 Å². The van der Waals surface area contributed by atoms with Crippen molar-refractivity contribution in [3.8, 4) is 10.8 Å². The number of rotatable bonds is 6. The summed E-state index contributed by atoms with van der Waals surface area (Å²) in [6, 6.07) is 10.1. The number of nitrogens with zero attached hydrogens (tertiary/aromatic N) is 3. The van der Waals surface area contributed by atoms with Gasteiger partial charge in [0.1, 0.15) is 0 Å². The van der Waals surface area contributed by atoms with Gasteiger partial charge in [-0.15, -0.1) is 21.5 Å². The van der Waals surface area contributed by atoms with Gasteiger partial charge in [0.15, 0.2) is 0 Å². The van der Waals surface area contributed by atoms with E-state index in [2.05, 4.69) is 33.4 Å². The molecule has 0 unspecified atom stereocenters. The second-order valence-electron chi connectivity index (χ2n) is 8.68. The number of fused-ring (bicyclic) bond motifs is 1. The first-order valence-electron chi connectivity index (χ1n) is 11.4. The van der Waals surface area contributed by atoms with Crippen molar-refractivity contribution in [2.45, 2.75) is 43.6 Å². The van der Waals surface area contributed by atoms with Crippen molar-refractivity contribution in [3.63, 3.8) is 0 Å². The Morgan fingerprint density at radius 2 is 2.03 bits per heavy atom. The van der Waals surface area contributed by atoms with Gasteiger partial charge in [0, 0.05) is 29.3 Å². The highest BCUT2D eigenvalue weighted by atomic mass is 32.2. The summed E-state index contributed by atoms with van der Waals surface area (Å²) in [6.07, 6.45) is 3.48. The zero-order valence-electron chi connectivity index (χ0n) is 18.9. The van der Waals surface area contributed by atoms with E-state index in [0.717, 1.165) is 61.3 Å². The fourth-order valence-corrected chi connectivity index (χ4v) is 6.01. The molecule has 174 valence electrons. The molecule has 7 nitrogen and oxygen atoms in total. The molecule has 2 aliphatic rings. The Morgan fingerprint density at radius 3 is 2.82 bits per heavy atom. The van der Waals surface area contributed by atoms with E-state index in [-0.39, 0.29) is 11.2 Å². The second-order valence-corrected chi connectivity index (χ2v) is 11.1. The molecule has 0 bridgehead atoms. The average Bonchev–Trinajstić information content (AvgIpc) is 3.46. The van der Waals surface area contributed by atoms with Crippen LogP contribution in [0.25, 0.3) is 10.8 Å². The van der Waals surface area contributed by atoms with Crippen LogP contribution in [0.3, 0.4) is 0 Å². The molecule has 0 saturated carbocycles. The van der Waals surface area contributed by atoms with Gasteiger partial charge in [-0.1, -0.05) is 18.7 Å². The fraction of sp³-hybridized carbons (Fsp3) is 0.458. The van der Waals surface area contributed by atoms with E-state index in [4.69, 9.17) is 9.15 Å². The first-order chi connectivity index (χ1) is 16.0. The number of aryl methyl sites for hydroxylation is 1. The SMILES string of the molecule is C[C@H]1CCc2sc(-c3nnc(S[C@@H](C)C(=O)Nc4ccc(N5CCOCC5)cc4)o3)cc2C1. The number of hydrogen-bond donors (Lipinski definition) is 1. The maximum Gasteiger partial charge on any atom is 0.277 e. The minimum absolute atomic E-state index is 0.0977. The Morgan fingerprint density at radius 1 is 1.24 bits per heavy atom. The predicted molar refractivity (Wildman–Crippen MR) is 132 cm³/mol. The molecule has 1 aromatic carbocycles. The minimum Gasteiger partial charge on any atom is -0.410 e. The molecule has 1 amide bonds. The van der Waals surface area contributed by atoms with Gasteiger partial charge in [-0.2, -0.15) is 0 Å². The van der Waals surface area contributed by atoms with Crippen molar-refractivity contribution in [1.82, 2.24) is 10.2 Å². The predicted octanol–water partition coefficient (Wildman–Crippen LogP) is 4.88. The number of aromatic nitrogens is 2. The summed E-state index contributed by atoms with van der Waals surface area (Å²) < 4.78 is 11.3. The molecule has 1 fully saturated rings. The van der Waals surface area contributed by atoms with E-state index in [0.29, 0.717) is 11.1 Å². The van der Waals surface area contributed by atoms with E-state index in [1.54, 1.807) is 11.3 Å².